The first-order valence-electron chi connectivity index (χ1n) is 6.01. The third kappa shape index (κ3) is 3.15. The average molecular weight is 252 g/mol. The Morgan fingerprint density at radius 3 is 2.47 bits per heavy atom. The van der Waals surface area contributed by atoms with Crippen molar-refractivity contribution in [1.29, 1.82) is 0 Å². The van der Waals surface area contributed by atoms with Crippen LogP contribution < -0.4 is 10.5 Å². The van der Waals surface area contributed by atoms with Crippen molar-refractivity contribution < 1.29 is 4.74 Å². The fourth-order valence-corrected chi connectivity index (χ4v) is 3.14. The first-order chi connectivity index (χ1) is 8.35. The summed E-state index contributed by atoms with van der Waals surface area (Å²) in [5.41, 5.74) is 7.22. The highest BCUT2D eigenvalue weighted by Gasteiger charge is 2.20. The van der Waals surface area contributed by atoms with Gasteiger partial charge in [-0.3, -0.25) is 4.90 Å². The summed E-state index contributed by atoms with van der Waals surface area (Å²) in [5, 5.41) is 0. The quantitative estimate of drug-likeness (QED) is 0.886. The molecule has 2 rings (SSSR count). The van der Waals surface area contributed by atoms with Gasteiger partial charge >= 0.3 is 0 Å². The Hall–Kier alpha value is -0.710. The molecular weight excluding hydrogens is 232 g/mol. The van der Waals surface area contributed by atoms with Gasteiger partial charge in [0.25, 0.3) is 0 Å². The highest BCUT2D eigenvalue weighted by molar-refractivity contribution is 7.99. The van der Waals surface area contributed by atoms with Crippen molar-refractivity contribution in [2.45, 2.75) is 6.04 Å². The van der Waals surface area contributed by atoms with Crippen molar-refractivity contribution in [3.8, 4) is 5.75 Å². The van der Waals surface area contributed by atoms with Gasteiger partial charge in [0.05, 0.1) is 7.11 Å². The monoisotopic (exact) mass is 252 g/mol. The van der Waals surface area contributed by atoms with E-state index in [0.29, 0.717) is 12.6 Å². The Morgan fingerprint density at radius 1 is 1.29 bits per heavy atom. The third-order valence-corrected chi connectivity index (χ3v) is 4.15. The van der Waals surface area contributed by atoms with Crippen LogP contribution in [0.25, 0.3) is 0 Å². The summed E-state index contributed by atoms with van der Waals surface area (Å²) in [7, 11) is 1.69. The molecule has 1 fully saturated rings. The summed E-state index contributed by atoms with van der Waals surface area (Å²) in [6.45, 7) is 2.95. The molecule has 17 heavy (non-hydrogen) atoms. The van der Waals surface area contributed by atoms with E-state index >= 15 is 0 Å². The van der Waals surface area contributed by atoms with Crippen LogP contribution >= 0.6 is 11.8 Å². The number of nitrogens with zero attached hydrogens (tertiary/aromatic N) is 1. The number of methoxy groups -OCH3 is 1. The highest BCUT2D eigenvalue weighted by atomic mass is 32.2. The maximum Gasteiger partial charge on any atom is 0.118 e. The number of nitrogens with two attached hydrogens (primary N) is 1. The topological polar surface area (TPSA) is 38.5 Å². The summed E-state index contributed by atoms with van der Waals surface area (Å²) < 4.78 is 5.18. The highest BCUT2D eigenvalue weighted by Crippen LogP contribution is 2.24. The van der Waals surface area contributed by atoms with Gasteiger partial charge in [0.1, 0.15) is 5.75 Å². The minimum absolute atomic E-state index is 0.349. The van der Waals surface area contributed by atoms with E-state index in [1.165, 1.54) is 17.1 Å². The van der Waals surface area contributed by atoms with Crippen LogP contribution in [0.1, 0.15) is 11.6 Å². The molecular formula is C13H20N2OS. The second-order valence-corrected chi connectivity index (χ2v) is 5.40. The maximum atomic E-state index is 5.93. The molecule has 0 aromatic heterocycles. The maximum absolute atomic E-state index is 5.93. The zero-order valence-electron chi connectivity index (χ0n) is 10.3. The molecule has 1 saturated heterocycles. The fourth-order valence-electron chi connectivity index (χ4n) is 2.21. The molecule has 1 aliphatic rings. The lowest BCUT2D eigenvalue weighted by Gasteiger charge is -2.33. The fraction of sp³-hybridized carbons (Fsp3) is 0.538. The Bertz CT molecular complexity index is 336. The number of hydrogen-bond donors (Lipinski definition) is 1. The van der Waals surface area contributed by atoms with Crippen molar-refractivity contribution in [1.82, 2.24) is 4.90 Å². The molecule has 0 bridgehead atoms. The normalized spacial score (nSPS) is 18.9. The zero-order chi connectivity index (χ0) is 12.1. The molecule has 2 N–H and O–H groups in total. The molecule has 0 spiro atoms. The van der Waals surface area contributed by atoms with Crippen LogP contribution in [0, 0.1) is 0 Å². The number of rotatable bonds is 4. The van der Waals surface area contributed by atoms with E-state index in [2.05, 4.69) is 17.0 Å². The molecule has 1 unspecified atom stereocenters. The van der Waals surface area contributed by atoms with Crippen LogP contribution in [0.4, 0.5) is 0 Å². The largest absolute Gasteiger partial charge is 0.497 e. The Labute approximate surface area is 107 Å². The van der Waals surface area contributed by atoms with Crippen molar-refractivity contribution >= 4 is 11.8 Å². The zero-order valence-corrected chi connectivity index (χ0v) is 11.1. The molecule has 4 heteroatoms. The van der Waals surface area contributed by atoms with E-state index in [4.69, 9.17) is 10.5 Å². The van der Waals surface area contributed by atoms with E-state index in [1.54, 1.807) is 7.11 Å². The molecule has 0 amide bonds. The van der Waals surface area contributed by atoms with E-state index in [-0.39, 0.29) is 0 Å². The number of ether oxygens (including phenoxy) is 1. The SMILES string of the molecule is COc1ccc(C(CN)N2CCSCC2)cc1. The van der Waals surface area contributed by atoms with Gasteiger partial charge in [0, 0.05) is 37.2 Å². The lowest BCUT2D eigenvalue weighted by Crippen LogP contribution is -2.39. The number of thioether (sulfide) groups is 1. The molecule has 1 aliphatic heterocycles. The predicted molar refractivity (Wildman–Crippen MR) is 73.7 cm³/mol. The van der Waals surface area contributed by atoms with Crippen molar-refractivity contribution in [3.05, 3.63) is 29.8 Å². The van der Waals surface area contributed by atoms with Gasteiger partial charge in [-0.1, -0.05) is 12.1 Å². The first kappa shape index (κ1) is 12.7. The van der Waals surface area contributed by atoms with Gasteiger partial charge in [-0.05, 0) is 17.7 Å². The number of benzene rings is 1. The van der Waals surface area contributed by atoms with E-state index < -0.39 is 0 Å². The van der Waals surface area contributed by atoms with Crippen LogP contribution in [0.5, 0.6) is 5.75 Å². The van der Waals surface area contributed by atoms with E-state index in [9.17, 15) is 0 Å². The second-order valence-electron chi connectivity index (χ2n) is 4.17. The minimum atomic E-state index is 0.349. The third-order valence-electron chi connectivity index (χ3n) is 3.21. The summed E-state index contributed by atoms with van der Waals surface area (Å²) in [5.74, 6) is 3.33. The average Bonchev–Trinajstić information content (AvgIpc) is 2.42. The molecule has 0 aliphatic carbocycles. The molecule has 1 heterocycles. The van der Waals surface area contributed by atoms with Gasteiger partial charge in [-0.2, -0.15) is 11.8 Å². The van der Waals surface area contributed by atoms with Crippen molar-refractivity contribution in [2.24, 2.45) is 5.73 Å². The van der Waals surface area contributed by atoms with E-state index in [0.717, 1.165) is 18.8 Å². The van der Waals surface area contributed by atoms with Gasteiger partial charge < -0.3 is 10.5 Å². The Kier molecular flexibility index (Phi) is 4.71. The van der Waals surface area contributed by atoms with Gasteiger partial charge in [-0.15, -0.1) is 0 Å². The van der Waals surface area contributed by atoms with Crippen LogP contribution in [0.15, 0.2) is 24.3 Å². The molecule has 0 saturated carbocycles. The molecule has 0 radical (unpaired) electrons. The van der Waals surface area contributed by atoms with Crippen LogP contribution in [0.3, 0.4) is 0 Å². The summed E-state index contributed by atoms with van der Waals surface area (Å²) in [6, 6.07) is 8.62. The Morgan fingerprint density at radius 2 is 1.94 bits per heavy atom. The van der Waals surface area contributed by atoms with Gasteiger partial charge in [-0.25, -0.2) is 0 Å². The Balaban J connectivity index is 2.10. The summed E-state index contributed by atoms with van der Waals surface area (Å²) >= 11 is 2.03. The van der Waals surface area contributed by atoms with Crippen molar-refractivity contribution in [2.75, 3.05) is 38.2 Å². The molecule has 1 aromatic carbocycles. The van der Waals surface area contributed by atoms with Gasteiger partial charge in [0.15, 0.2) is 0 Å². The minimum Gasteiger partial charge on any atom is -0.497 e. The van der Waals surface area contributed by atoms with Crippen LogP contribution in [-0.2, 0) is 0 Å². The lowest BCUT2D eigenvalue weighted by molar-refractivity contribution is 0.223. The summed E-state index contributed by atoms with van der Waals surface area (Å²) in [4.78, 5) is 2.48. The molecule has 94 valence electrons. The molecule has 3 nitrogen and oxygen atoms in total. The molecule has 1 aromatic rings. The summed E-state index contributed by atoms with van der Waals surface area (Å²) in [6.07, 6.45) is 0. The van der Waals surface area contributed by atoms with Gasteiger partial charge in [0.2, 0.25) is 0 Å². The lowest BCUT2D eigenvalue weighted by atomic mass is 10.1. The van der Waals surface area contributed by atoms with Crippen LogP contribution in [-0.4, -0.2) is 43.1 Å². The standard InChI is InChI=1S/C13H20N2OS/c1-16-12-4-2-11(3-5-12)13(10-14)15-6-8-17-9-7-15/h2-5,13H,6-10,14H2,1H3. The number of hydrogen-bond acceptors (Lipinski definition) is 4. The second kappa shape index (κ2) is 6.28. The van der Waals surface area contributed by atoms with Crippen molar-refractivity contribution in [3.63, 3.8) is 0 Å². The van der Waals surface area contributed by atoms with E-state index in [1.807, 2.05) is 23.9 Å². The predicted octanol–water partition coefficient (Wildman–Crippen LogP) is 1.74. The smallest absolute Gasteiger partial charge is 0.118 e. The first-order valence-corrected chi connectivity index (χ1v) is 7.16. The molecule has 1 atom stereocenters. The van der Waals surface area contributed by atoms with Crippen LogP contribution in [0.2, 0.25) is 0 Å².